The summed E-state index contributed by atoms with van der Waals surface area (Å²) in [5, 5.41) is 10.3. The van der Waals surface area contributed by atoms with Crippen LogP contribution >= 0.6 is 0 Å². The number of hydrogen-bond donors (Lipinski definition) is 3. The minimum absolute atomic E-state index is 0.217. The van der Waals surface area contributed by atoms with Crippen LogP contribution in [0.4, 0.5) is 10.1 Å². The molecule has 0 bridgehead atoms. The lowest BCUT2D eigenvalue weighted by Crippen LogP contribution is -2.34. The molecule has 0 aromatic heterocycles. The first-order chi connectivity index (χ1) is 10.2. The second kappa shape index (κ2) is 8.61. The minimum Gasteiger partial charge on any atom is -0.385 e. The van der Waals surface area contributed by atoms with Gasteiger partial charge in [0, 0.05) is 37.0 Å². The van der Waals surface area contributed by atoms with Crippen LogP contribution in [-0.4, -0.2) is 32.2 Å². The van der Waals surface area contributed by atoms with Crippen LogP contribution in [0.2, 0.25) is 0 Å². The van der Waals surface area contributed by atoms with E-state index in [1.807, 2.05) is 13.0 Å². The molecule has 21 heavy (non-hydrogen) atoms. The average Bonchev–Trinajstić information content (AvgIpc) is 2.96. The normalized spacial score (nSPS) is 18.1. The highest BCUT2D eigenvalue weighted by atomic mass is 32.1. The van der Waals surface area contributed by atoms with Crippen LogP contribution in [0.25, 0.3) is 0 Å². The molecule has 3 nitrogen and oxygen atoms in total. The molecule has 0 radical (unpaired) electrons. The summed E-state index contributed by atoms with van der Waals surface area (Å²) in [4.78, 5) is 0.516. The third-order valence-corrected chi connectivity index (χ3v) is 4.35. The smallest absolute Gasteiger partial charge is 0.186 e. The molecule has 1 atom stereocenters. The Kier molecular flexibility index (Phi) is 6.80. The first-order valence-electron chi connectivity index (χ1n) is 7.86. The topological polar surface area (TPSA) is 36.1 Å². The predicted octanol–water partition coefficient (Wildman–Crippen LogP) is 2.04. The van der Waals surface area contributed by atoms with Crippen LogP contribution < -0.4 is 16.0 Å². The van der Waals surface area contributed by atoms with Gasteiger partial charge in [0.25, 0.3) is 0 Å². The van der Waals surface area contributed by atoms with E-state index in [-0.39, 0.29) is 5.82 Å². The Morgan fingerprint density at radius 1 is 1.33 bits per heavy atom. The van der Waals surface area contributed by atoms with Crippen molar-refractivity contribution in [1.29, 1.82) is 0 Å². The van der Waals surface area contributed by atoms with Crippen LogP contribution in [-0.2, 0) is 12.6 Å². The lowest BCUT2D eigenvalue weighted by Gasteiger charge is -2.12. The Morgan fingerprint density at radius 3 is 2.90 bits per heavy atom. The Bertz CT molecular complexity index is 447. The molecular formula is C16H27FN3S+. The summed E-state index contributed by atoms with van der Waals surface area (Å²) >= 11 is 3.25. The van der Waals surface area contributed by atoms with Gasteiger partial charge in [-0.25, -0.2) is 4.39 Å². The molecule has 1 aromatic rings. The zero-order valence-electron chi connectivity index (χ0n) is 12.8. The Hall–Kier alpha value is -0.780. The molecule has 1 heterocycles. The van der Waals surface area contributed by atoms with E-state index in [0.717, 1.165) is 43.7 Å². The van der Waals surface area contributed by atoms with Gasteiger partial charge >= 0.3 is 0 Å². The zero-order valence-corrected chi connectivity index (χ0v) is 13.8. The lowest BCUT2D eigenvalue weighted by atomic mass is 10.2. The largest absolute Gasteiger partial charge is 0.385 e. The molecule has 1 aliphatic rings. The summed E-state index contributed by atoms with van der Waals surface area (Å²) in [6, 6.07) is 4.03. The molecule has 5 heteroatoms. The average molecular weight is 312 g/mol. The van der Waals surface area contributed by atoms with Gasteiger partial charge in [0.1, 0.15) is 0 Å². The molecule has 1 aromatic carbocycles. The van der Waals surface area contributed by atoms with Crippen LogP contribution in [0.3, 0.4) is 0 Å². The fourth-order valence-corrected chi connectivity index (χ4v) is 2.97. The second-order valence-electron chi connectivity index (χ2n) is 5.78. The molecule has 0 aliphatic carbocycles. The highest BCUT2D eigenvalue weighted by molar-refractivity contribution is 7.58. The number of anilines is 1. The second-order valence-corrected chi connectivity index (χ2v) is 6.32. The first-order valence-corrected chi connectivity index (χ1v) is 8.36. The molecule has 0 amide bonds. The highest BCUT2D eigenvalue weighted by Gasteiger charge is 2.12. The van der Waals surface area contributed by atoms with E-state index >= 15 is 0 Å². The lowest BCUT2D eigenvalue weighted by molar-refractivity contribution is 0.526. The maximum atomic E-state index is 13.5. The monoisotopic (exact) mass is 312 g/mol. The van der Waals surface area contributed by atoms with Gasteiger partial charge in [-0.2, -0.15) is 0 Å². The standard InChI is InChI=1S/C16H26FN3S/c1-12-9-16(21)14(17)10-15(12)20-7-3-2-6-18-11-13-5-4-8-19-13/h9-10,13,18-21H,2-8,11H2,1H3/p+1/t13-/m0/s1. The van der Waals surface area contributed by atoms with E-state index in [1.165, 1.54) is 19.4 Å². The van der Waals surface area contributed by atoms with Crippen LogP contribution in [0.15, 0.2) is 17.0 Å². The molecule has 1 fully saturated rings. The summed E-state index contributed by atoms with van der Waals surface area (Å²) in [7, 11) is 0. The van der Waals surface area contributed by atoms with Crippen molar-refractivity contribution in [2.75, 3.05) is 31.5 Å². The summed E-state index contributed by atoms with van der Waals surface area (Å²) in [5.41, 5.74) is 1.95. The van der Waals surface area contributed by atoms with E-state index in [2.05, 4.69) is 28.6 Å². The van der Waals surface area contributed by atoms with Gasteiger partial charge in [-0.1, -0.05) is 0 Å². The number of nitrogens with one attached hydrogen (secondary N) is 3. The van der Waals surface area contributed by atoms with Crippen LogP contribution in [0, 0.1) is 12.7 Å². The highest BCUT2D eigenvalue weighted by Crippen LogP contribution is 2.19. The Balaban J connectivity index is 1.56. The van der Waals surface area contributed by atoms with Gasteiger partial charge in [0.2, 0.25) is 0 Å². The maximum absolute atomic E-state index is 13.5. The Morgan fingerprint density at radius 2 is 2.14 bits per heavy atom. The molecular weight excluding hydrogens is 285 g/mol. The van der Waals surface area contributed by atoms with Gasteiger partial charge in [0.15, 0.2) is 10.7 Å². The number of benzene rings is 1. The summed E-state index contributed by atoms with van der Waals surface area (Å²) in [5.74, 6) is -0.217. The van der Waals surface area contributed by atoms with Gasteiger partial charge in [-0.3, -0.25) is 0 Å². The fraction of sp³-hybridized carbons (Fsp3) is 0.625. The first kappa shape index (κ1) is 16.6. The number of aryl methyl sites for hydroxylation is 1. The van der Waals surface area contributed by atoms with Crippen LogP contribution in [0.5, 0.6) is 0 Å². The SMILES string of the molecule is Cc1cc([SH2+])c(F)cc1NCCCCNC[C@@H]1CCCN1. The quantitative estimate of drug-likeness (QED) is 0.508. The van der Waals surface area contributed by atoms with Crippen molar-refractivity contribution >= 4 is 18.3 Å². The van der Waals surface area contributed by atoms with Gasteiger partial charge in [0.05, 0.1) is 0 Å². The zero-order chi connectivity index (χ0) is 15.1. The van der Waals surface area contributed by atoms with Gasteiger partial charge < -0.3 is 16.0 Å². The third kappa shape index (κ3) is 5.49. The number of unbranched alkanes of at least 4 members (excludes halogenated alkanes) is 1. The summed E-state index contributed by atoms with van der Waals surface area (Å²) in [6.45, 7) is 6.16. The fourth-order valence-electron chi connectivity index (χ4n) is 2.68. The van der Waals surface area contributed by atoms with Gasteiger partial charge in [-0.15, -0.1) is 0 Å². The number of halogens is 1. The predicted molar refractivity (Wildman–Crippen MR) is 91.2 cm³/mol. The van der Waals surface area contributed by atoms with E-state index in [4.69, 9.17) is 0 Å². The third-order valence-electron chi connectivity index (χ3n) is 3.96. The summed E-state index contributed by atoms with van der Waals surface area (Å²) in [6.07, 6.45) is 4.82. The molecule has 0 spiro atoms. The van der Waals surface area contributed by atoms with E-state index in [0.29, 0.717) is 10.9 Å². The van der Waals surface area contributed by atoms with Crippen molar-refractivity contribution in [3.8, 4) is 0 Å². The van der Waals surface area contributed by atoms with Crippen molar-refractivity contribution in [2.24, 2.45) is 0 Å². The van der Waals surface area contributed by atoms with E-state index in [9.17, 15) is 4.39 Å². The van der Waals surface area contributed by atoms with Crippen molar-refractivity contribution in [2.45, 2.75) is 43.5 Å². The van der Waals surface area contributed by atoms with Crippen molar-refractivity contribution in [1.82, 2.24) is 10.6 Å². The van der Waals surface area contributed by atoms with Gasteiger partial charge in [-0.05, 0) is 63.9 Å². The van der Waals surface area contributed by atoms with Crippen molar-refractivity contribution in [3.05, 3.63) is 23.5 Å². The summed E-state index contributed by atoms with van der Waals surface area (Å²) < 4.78 is 13.5. The molecule has 0 saturated carbocycles. The maximum Gasteiger partial charge on any atom is 0.186 e. The van der Waals surface area contributed by atoms with Crippen LogP contribution in [0.1, 0.15) is 31.2 Å². The van der Waals surface area contributed by atoms with Crippen molar-refractivity contribution in [3.63, 3.8) is 0 Å². The molecule has 118 valence electrons. The van der Waals surface area contributed by atoms with Crippen molar-refractivity contribution < 1.29 is 4.39 Å². The number of rotatable bonds is 8. The molecule has 1 saturated heterocycles. The minimum atomic E-state index is -0.217. The molecule has 1 aliphatic heterocycles. The number of hydrogen-bond acceptors (Lipinski definition) is 3. The van der Waals surface area contributed by atoms with E-state index in [1.54, 1.807) is 6.07 Å². The van der Waals surface area contributed by atoms with E-state index < -0.39 is 0 Å². The molecule has 0 unspecified atom stereocenters. The Labute approximate surface area is 132 Å². The molecule has 2 rings (SSSR count). The molecule has 3 N–H and O–H groups in total.